The second-order valence-corrected chi connectivity index (χ2v) is 6.48. The number of benzene rings is 1. The van der Waals surface area contributed by atoms with E-state index in [0.29, 0.717) is 37.8 Å². The summed E-state index contributed by atoms with van der Waals surface area (Å²) in [5, 5.41) is 2.70. The first-order chi connectivity index (χ1) is 11.0. The molecule has 0 radical (unpaired) electrons. The van der Waals surface area contributed by atoms with Crippen LogP contribution in [0.5, 0.6) is 0 Å². The molecule has 1 heterocycles. The number of rotatable bonds is 4. The maximum Gasteiger partial charge on any atom is 0.238 e. The van der Waals surface area contributed by atoms with Crippen molar-refractivity contribution in [3.63, 3.8) is 0 Å². The second kappa shape index (κ2) is 6.66. The molecule has 0 aromatic heterocycles. The van der Waals surface area contributed by atoms with E-state index >= 15 is 0 Å². The SMILES string of the molecule is C[C@@H]1C[C@@H]1C(=O)N1CCN(CC(=O)Nc2cccc(F)c2)CC1. The lowest BCUT2D eigenvalue weighted by atomic mass is 10.2. The van der Waals surface area contributed by atoms with Gasteiger partial charge in [0.25, 0.3) is 0 Å². The van der Waals surface area contributed by atoms with Crippen molar-refractivity contribution in [3.8, 4) is 0 Å². The van der Waals surface area contributed by atoms with Crippen molar-refractivity contribution in [2.45, 2.75) is 13.3 Å². The molecule has 1 saturated heterocycles. The topological polar surface area (TPSA) is 52.7 Å². The third-order valence-corrected chi connectivity index (χ3v) is 4.59. The smallest absolute Gasteiger partial charge is 0.238 e. The number of hydrogen-bond acceptors (Lipinski definition) is 3. The van der Waals surface area contributed by atoms with Crippen LogP contribution in [0.25, 0.3) is 0 Å². The Morgan fingerprint density at radius 3 is 2.57 bits per heavy atom. The van der Waals surface area contributed by atoms with E-state index in [0.717, 1.165) is 6.42 Å². The average molecular weight is 319 g/mol. The van der Waals surface area contributed by atoms with Gasteiger partial charge in [-0.3, -0.25) is 14.5 Å². The summed E-state index contributed by atoms with van der Waals surface area (Å²) in [5.41, 5.74) is 0.464. The third kappa shape index (κ3) is 4.07. The molecule has 2 aliphatic rings. The highest BCUT2D eigenvalue weighted by Gasteiger charge is 2.41. The molecule has 1 aromatic rings. The van der Waals surface area contributed by atoms with E-state index < -0.39 is 0 Å². The maximum absolute atomic E-state index is 13.1. The zero-order valence-corrected chi connectivity index (χ0v) is 13.3. The predicted molar refractivity (Wildman–Crippen MR) is 85.3 cm³/mol. The molecule has 5 nitrogen and oxygen atoms in total. The van der Waals surface area contributed by atoms with Crippen molar-refractivity contribution in [2.75, 3.05) is 38.0 Å². The third-order valence-electron chi connectivity index (χ3n) is 4.59. The quantitative estimate of drug-likeness (QED) is 0.916. The lowest BCUT2D eigenvalue weighted by Gasteiger charge is -2.34. The van der Waals surface area contributed by atoms with Gasteiger partial charge in [-0.15, -0.1) is 0 Å². The molecule has 1 aromatic carbocycles. The molecule has 124 valence electrons. The van der Waals surface area contributed by atoms with Gasteiger partial charge in [0.2, 0.25) is 11.8 Å². The van der Waals surface area contributed by atoms with E-state index in [1.165, 1.54) is 12.1 Å². The van der Waals surface area contributed by atoms with Gasteiger partial charge in [0.05, 0.1) is 6.54 Å². The Morgan fingerprint density at radius 1 is 1.26 bits per heavy atom. The first-order valence-corrected chi connectivity index (χ1v) is 8.09. The Balaban J connectivity index is 1.43. The van der Waals surface area contributed by atoms with Gasteiger partial charge in [0.15, 0.2) is 0 Å². The summed E-state index contributed by atoms with van der Waals surface area (Å²) in [6, 6.07) is 5.86. The first-order valence-electron chi connectivity index (χ1n) is 8.09. The molecule has 1 aliphatic heterocycles. The van der Waals surface area contributed by atoms with Crippen LogP contribution in [0.1, 0.15) is 13.3 Å². The van der Waals surface area contributed by atoms with Gasteiger partial charge in [-0.25, -0.2) is 4.39 Å². The Kier molecular flexibility index (Phi) is 4.61. The highest BCUT2D eigenvalue weighted by Crippen LogP contribution is 2.39. The Morgan fingerprint density at radius 2 is 1.96 bits per heavy atom. The largest absolute Gasteiger partial charge is 0.340 e. The summed E-state index contributed by atoms with van der Waals surface area (Å²) in [5.74, 6) is 0.479. The molecule has 0 spiro atoms. The van der Waals surface area contributed by atoms with E-state index in [4.69, 9.17) is 0 Å². The van der Waals surface area contributed by atoms with E-state index in [1.807, 2.05) is 9.80 Å². The lowest BCUT2D eigenvalue weighted by molar-refractivity contribution is -0.134. The zero-order valence-electron chi connectivity index (χ0n) is 13.3. The number of hydrogen-bond donors (Lipinski definition) is 1. The van der Waals surface area contributed by atoms with E-state index in [1.54, 1.807) is 12.1 Å². The molecule has 2 amide bonds. The van der Waals surface area contributed by atoms with Crippen LogP contribution in [0.15, 0.2) is 24.3 Å². The second-order valence-electron chi connectivity index (χ2n) is 6.48. The van der Waals surface area contributed by atoms with E-state index in [9.17, 15) is 14.0 Å². The monoisotopic (exact) mass is 319 g/mol. The predicted octanol–water partition coefficient (Wildman–Crippen LogP) is 1.56. The van der Waals surface area contributed by atoms with Gasteiger partial charge in [-0.1, -0.05) is 13.0 Å². The number of piperazine rings is 1. The Bertz CT molecular complexity index is 599. The molecule has 1 N–H and O–H groups in total. The van der Waals surface area contributed by atoms with Crippen LogP contribution in [0.4, 0.5) is 10.1 Å². The standard InChI is InChI=1S/C17H22FN3O2/c1-12-9-15(12)17(23)21-7-5-20(6-8-21)11-16(22)19-14-4-2-3-13(18)10-14/h2-4,10,12,15H,5-9,11H2,1H3,(H,19,22)/t12-,15+/m1/s1. The zero-order chi connectivity index (χ0) is 16.4. The Hall–Kier alpha value is -1.95. The van der Waals surface area contributed by atoms with Crippen molar-refractivity contribution >= 4 is 17.5 Å². The normalized spacial score (nSPS) is 24.3. The molecular formula is C17H22FN3O2. The summed E-state index contributed by atoms with van der Waals surface area (Å²) < 4.78 is 13.1. The van der Waals surface area contributed by atoms with Crippen LogP contribution < -0.4 is 5.32 Å². The number of nitrogens with zero attached hydrogens (tertiary/aromatic N) is 2. The molecule has 3 rings (SSSR count). The van der Waals surface area contributed by atoms with Crippen molar-refractivity contribution in [3.05, 3.63) is 30.1 Å². The van der Waals surface area contributed by atoms with Gasteiger partial charge in [0, 0.05) is 37.8 Å². The molecule has 0 unspecified atom stereocenters. The summed E-state index contributed by atoms with van der Waals surface area (Å²) in [6.07, 6.45) is 1.01. The van der Waals surface area contributed by atoms with Crippen LogP contribution in [0, 0.1) is 17.7 Å². The summed E-state index contributed by atoms with van der Waals surface area (Å²) in [6.45, 7) is 5.12. The maximum atomic E-state index is 13.1. The van der Waals surface area contributed by atoms with Crippen molar-refractivity contribution < 1.29 is 14.0 Å². The lowest BCUT2D eigenvalue weighted by Crippen LogP contribution is -2.51. The number of anilines is 1. The number of nitrogens with one attached hydrogen (secondary N) is 1. The molecule has 1 aliphatic carbocycles. The van der Waals surface area contributed by atoms with Gasteiger partial charge in [0.1, 0.15) is 5.82 Å². The van der Waals surface area contributed by atoms with Crippen molar-refractivity contribution in [1.82, 2.24) is 9.80 Å². The fourth-order valence-corrected chi connectivity index (χ4v) is 3.00. The fraction of sp³-hybridized carbons (Fsp3) is 0.529. The van der Waals surface area contributed by atoms with Crippen LogP contribution >= 0.6 is 0 Å². The average Bonchev–Trinajstić information content (AvgIpc) is 3.24. The molecule has 23 heavy (non-hydrogen) atoms. The number of halogens is 1. The molecule has 2 atom stereocenters. The minimum absolute atomic E-state index is 0.161. The molecular weight excluding hydrogens is 297 g/mol. The summed E-state index contributed by atoms with van der Waals surface area (Å²) in [4.78, 5) is 28.1. The van der Waals surface area contributed by atoms with Crippen molar-refractivity contribution in [2.24, 2.45) is 11.8 Å². The number of carbonyl (C=O) groups excluding carboxylic acids is 2. The first kappa shape index (κ1) is 15.9. The van der Waals surface area contributed by atoms with Gasteiger partial charge in [-0.05, 0) is 30.5 Å². The number of amides is 2. The molecule has 6 heteroatoms. The summed E-state index contributed by atoms with van der Waals surface area (Å²) in [7, 11) is 0. The van der Waals surface area contributed by atoms with E-state index in [2.05, 4.69) is 12.2 Å². The molecule has 0 bridgehead atoms. The van der Waals surface area contributed by atoms with Gasteiger partial charge >= 0.3 is 0 Å². The van der Waals surface area contributed by atoms with E-state index in [-0.39, 0.29) is 30.1 Å². The minimum atomic E-state index is -0.371. The van der Waals surface area contributed by atoms with Crippen molar-refractivity contribution in [1.29, 1.82) is 0 Å². The van der Waals surface area contributed by atoms with Crippen LogP contribution in [-0.2, 0) is 9.59 Å². The van der Waals surface area contributed by atoms with Gasteiger partial charge < -0.3 is 10.2 Å². The number of carbonyl (C=O) groups is 2. The van der Waals surface area contributed by atoms with Crippen LogP contribution in [0.3, 0.4) is 0 Å². The fourth-order valence-electron chi connectivity index (χ4n) is 3.00. The minimum Gasteiger partial charge on any atom is -0.340 e. The molecule has 2 fully saturated rings. The highest BCUT2D eigenvalue weighted by atomic mass is 19.1. The van der Waals surface area contributed by atoms with Gasteiger partial charge in [-0.2, -0.15) is 0 Å². The van der Waals surface area contributed by atoms with Crippen LogP contribution in [0.2, 0.25) is 0 Å². The molecule has 1 saturated carbocycles. The highest BCUT2D eigenvalue weighted by molar-refractivity contribution is 5.92. The Labute approximate surface area is 135 Å². The van der Waals surface area contributed by atoms with Crippen LogP contribution in [-0.4, -0.2) is 54.3 Å². The summed E-state index contributed by atoms with van der Waals surface area (Å²) >= 11 is 0.